The van der Waals surface area contributed by atoms with E-state index < -0.39 is 11.8 Å². The molecule has 0 bridgehead atoms. The number of aryl methyl sites for hydroxylation is 1. The highest BCUT2D eigenvalue weighted by atomic mass is 35.5. The summed E-state index contributed by atoms with van der Waals surface area (Å²) in [5.41, 5.74) is -0.959. The van der Waals surface area contributed by atoms with Crippen LogP contribution in [0.4, 0.5) is 13.2 Å². The Morgan fingerprint density at radius 2 is 1.82 bits per heavy atom. The number of hydrogen-bond acceptors (Lipinski definition) is 4. The minimum atomic E-state index is -4.78. The summed E-state index contributed by atoms with van der Waals surface area (Å²) in [6.45, 7) is 1.80. The van der Waals surface area contributed by atoms with Crippen LogP contribution in [0.15, 0.2) is 83.2 Å². The molecule has 3 nitrogen and oxygen atoms in total. The van der Waals surface area contributed by atoms with Gasteiger partial charge in [-0.1, -0.05) is 65.2 Å². The number of fused-ring (bicyclic) bond motifs is 1. The molecular weight excluding hydrogens is 490 g/mol. The predicted molar refractivity (Wildman–Crippen MR) is 127 cm³/mol. The van der Waals surface area contributed by atoms with Gasteiger partial charge in [0.1, 0.15) is 16.7 Å². The van der Waals surface area contributed by atoms with Crippen LogP contribution < -0.4 is 0 Å². The maximum Gasteiger partial charge on any atom is 0.437 e. The van der Waals surface area contributed by atoms with Crippen LogP contribution in [0.3, 0.4) is 0 Å². The number of aliphatic imine (C=N–C) groups is 1. The zero-order valence-corrected chi connectivity index (χ0v) is 19.5. The molecule has 2 heterocycles. The van der Waals surface area contributed by atoms with Crippen LogP contribution in [-0.4, -0.2) is 16.1 Å². The molecule has 0 saturated carbocycles. The average Bonchev–Trinajstić information content (AvgIpc) is 2.79. The highest BCUT2D eigenvalue weighted by Crippen LogP contribution is 2.51. The first-order valence-electron chi connectivity index (χ1n) is 9.77. The summed E-state index contributed by atoms with van der Waals surface area (Å²) in [7, 11) is 0. The van der Waals surface area contributed by atoms with Gasteiger partial charge in [-0.05, 0) is 36.8 Å². The Bertz CT molecular complexity index is 1260. The van der Waals surface area contributed by atoms with Crippen molar-refractivity contribution in [3.05, 3.63) is 105 Å². The minimum absolute atomic E-state index is 0.00710. The van der Waals surface area contributed by atoms with Crippen LogP contribution in [-0.2, 0) is 11.4 Å². The second-order valence-corrected chi connectivity index (χ2v) is 9.21. The monoisotopic (exact) mass is 505 g/mol. The average molecular weight is 506 g/mol. The van der Waals surface area contributed by atoms with E-state index in [1.54, 1.807) is 43.3 Å². The fourth-order valence-electron chi connectivity index (χ4n) is 3.64. The normalized spacial score (nSPS) is 19.9. The molecule has 2 aliphatic rings. The standard InChI is InChI=1S/C24H16Cl2F3N3S/c1-15-5-8-17(9-6-15)23(24(27,28)29)31-22(18(13-30)21-4-2-3-11-32(21)23)33-14-16-7-10-19(25)20(26)12-16/h2-12H,14H2,1H3/t23-/m0/s1. The second kappa shape index (κ2) is 8.94. The largest absolute Gasteiger partial charge is 0.437 e. The molecule has 0 spiro atoms. The molecule has 33 heavy (non-hydrogen) atoms. The van der Waals surface area contributed by atoms with Crippen LogP contribution in [0.1, 0.15) is 16.7 Å². The van der Waals surface area contributed by atoms with E-state index in [1.807, 2.05) is 6.07 Å². The Labute approximate surface area is 203 Å². The molecule has 2 aromatic rings. The van der Waals surface area contributed by atoms with Crippen molar-refractivity contribution in [1.29, 1.82) is 5.26 Å². The fourth-order valence-corrected chi connectivity index (χ4v) is 4.93. The van der Waals surface area contributed by atoms with Crippen LogP contribution in [0.2, 0.25) is 10.0 Å². The van der Waals surface area contributed by atoms with Crippen molar-refractivity contribution >= 4 is 40.0 Å². The lowest BCUT2D eigenvalue weighted by Crippen LogP contribution is -2.55. The van der Waals surface area contributed by atoms with Gasteiger partial charge >= 0.3 is 6.18 Å². The number of nitrogens with zero attached hydrogens (tertiary/aromatic N) is 3. The smallest absolute Gasteiger partial charge is 0.310 e. The van der Waals surface area contributed by atoms with Crippen molar-refractivity contribution in [3.8, 4) is 6.07 Å². The summed E-state index contributed by atoms with van der Waals surface area (Å²) < 4.78 is 44.6. The minimum Gasteiger partial charge on any atom is -0.310 e. The summed E-state index contributed by atoms with van der Waals surface area (Å²) >= 11 is 13.1. The maximum atomic E-state index is 14.9. The van der Waals surface area contributed by atoms with E-state index in [1.165, 1.54) is 30.5 Å². The lowest BCUT2D eigenvalue weighted by molar-refractivity contribution is -0.222. The number of rotatable bonds is 3. The van der Waals surface area contributed by atoms with Gasteiger partial charge in [0.15, 0.2) is 0 Å². The van der Waals surface area contributed by atoms with Crippen molar-refractivity contribution in [2.45, 2.75) is 24.5 Å². The van der Waals surface area contributed by atoms with Gasteiger partial charge in [-0.15, -0.1) is 11.8 Å². The highest BCUT2D eigenvalue weighted by molar-refractivity contribution is 8.13. The fraction of sp³-hybridized carbons (Fsp3) is 0.167. The van der Waals surface area contributed by atoms with E-state index in [-0.39, 0.29) is 27.6 Å². The zero-order valence-electron chi connectivity index (χ0n) is 17.2. The van der Waals surface area contributed by atoms with Gasteiger partial charge in [-0.25, -0.2) is 4.99 Å². The number of thioether (sulfide) groups is 1. The third kappa shape index (κ3) is 4.19. The Morgan fingerprint density at radius 1 is 1.09 bits per heavy atom. The van der Waals surface area contributed by atoms with Gasteiger partial charge < -0.3 is 4.90 Å². The van der Waals surface area contributed by atoms with Crippen LogP contribution >= 0.6 is 35.0 Å². The van der Waals surface area contributed by atoms with Crippen molar-refractivity contribution in [2.24, 2.45) is 4.99 Å². The number of nitriles is 1. The predicted octanol–water partition coefficient (Wildman–Crippen LogP) is 7.53. The van der Waals surface area contributed by atoms with E-state index in [2.05, 4.69) is 4.99 Å². The first-order valence-corrected chi connectivity index (χ1v) is 11.5. The molecule has 0 radical (unpaired) electrons. The summed E-state index contributed by atoms with van der Waals surface area (Å²) in [5.74, 6) is 0.259. The molecule has 0 N–H and O–H groups in total. The molecule has 0 aromatic heterocycles. The van der Waals surface area contributed by atoms with Gasteiger partial charge in [0, 0.05) is 17.5 Å². The van der Waals surface area contributed by atoms with Crippen LogP contribution in [0.5, 0.6) is 0 Å². The van der Waals surface area contributed by atoms with Gasteiger partial charge in [-0.3, -0.25) is 0 Å². The SMILES string of the molecule is Cc1ccc([C@]2(C(F)(F)F)N=C(SCc3ccc(Cl)c(Cl)c3)C(C#N)=C3C=CC=CN32)cc1. The summed E-state index contributed by atoms with van der Waals surface area (Å²) in [5, 5.41) is 10.6. The first kappa shape index (κ1) is 23.5. The topological polar surface area (TPSA) is 39.4 Å². The Balaban J connectivity index is 1.87. The molecule has 1 atom stereocenters. The lowest BCUT2D eigenvalue weighted by Gasteiger charge is -2.45. The van der Waals surface area contributed by atoms with E-state index in [0.29, 0.717) is 10.0 Å². The molecule has 2 aromatic carbocycles. The quantitative estimate of drug-likeness (QED) is 0.432. The number of hydrogen-bond donors (Lipinski definition) is 0. The first-order chi connectivity index (χ1) is 15.7. The van der Waals surface area contributed by atoms with Crippen molar-refractivity contribution in [1.82, 2.24) is 4.90 Å². The highest BCUT2D eigenvalue weighted by Gasteiger charge is 2.62. The maximum absolute atomic E-state index is 14.9. The Kier molecular flexibility index (Phi) is 6.37. The third-order valence-electron chi connectivity index (χ3n) is 5.26. The van der Waals surface area contributed by atoms with Crippen molar-refractivity contribution < 1.29 is 13.2 Å². The van der Waals surface area contributed by atoms with Gasteiger partial charge in [-0.2, -0.15) is 18.4 Å². The lowest BCUT2D eigenvalue weighted by atomic mass is 9.92. The number of allylic oxidation sites excluding steroid dienone is 3. The third-order valence-corrected chi connectivity index (χ3v) is 7.05. The number of benzene rings is 2. The second-order valence-electron chi connectivity index (χ2n) is 7.43. The molecule has 168 valence electrons. The van der Waals surface area contributed by atoms with E-state index >= 15 is 0 Å². The van der Waals surface area contributed by atoms with E-state index in [9.17, 15) is 18.4 Å². The Hall–Kier alpha value is -2.66. The molecule has 0 saturated heterocycles. The summed E-state index contributed by atoms with van der Waals surface area (Å²) in [6.07, 6.45) is 1.13. The summed E-state index contributed by atoms with van der Waals surface area (Å²) in [6, 6.07) is 13.1. The van der Waals surface area contributed by atoms with Crippen LogP contribution in [0, 0.1) is 18.3 Å². The molecular formula is C24H16Cl2F3N3S. The molecule has 0 unspecified atom stereocenters. The molecule has 4 rings (SSSR count). The van der Waals surface area contributed by atoms with Gasteiger partial charge in [0.25, 0.3) is 5.66 Å². The Morgan fingerprint density at radius 3 is 2.45 bits per heavy atom. The number of halogens is 5. The number of alkyl halides is 3. The molecule has 0 aliphatic carbocycles. The summed E-state index contributed by atoms with van der Waals surface area (Å²) in [4.78, 5) is 5.26. The van der Waals surface area contributed by atoms with Crippen molar-refractivity contribution in [2.75, 3.05) is 0 Å². The molecule has 0 amide bonds. The molecule has 9 heteroatoms. The molecule has 2 aliphatic heterocycles. The van der Waals surface area contributed by atoms with E-state index in [0.717, 1.165) is 27.8 Å². The van der Waals surface area contributed by atoms with Crippen molar-refractivity contribution in [3.63, 3.8) is 0 Å². The van der Waals surface area contributed by atoms with E-state index in [4.69, 9.17) is 23.2 Å². The zero-order chi connectivity index (χ0) is 23.8. The van der Waals surface area contributed by atoms with Gasteiger partial charge in [0.05, 0.1) is 15.7 Å². The van der Waals surface area contributed by atoms with Crippen LogP contribution in [0.25, 0.3) is 0 Å². The molecule has 0 fully saturated rings. The van der Waals surface area contributed by atoms with Gasteiger partial charge in [0.2, 0.25) is 0 Å².